The molecule has 0 radical (unpaired) electrons. The summed E-state index contributed by atoms with van der Waals surface area (Å²) < 4.78 is 17.8. The lowest BCUT2D eigenvalue weighted by Crippen LogP contribution is -2.24. The van der Waals surface area contributed by atoms with E-state index in [4.69, 9.17) is 14.2 Å². The van der Waals surface area contributed by atoms with Crippen molar-refractivity contribution in [2.24, 2.45) is 0 Å². The Morgan fingerprint density at radius 1 is 0.667 bits per heavy atom. The summed E-state index contributed by atoms with van der Waals surface area (Å²) in [5, 5.41) is 9.28. The Hall–Kier alpha value is -4.97. The minimum absolute atomic E-state index is 0.262. The lowest BCUT2D eigenvalue weighted by Gasteiger charge is -2.23. The van der Waals surface area contributed by atoms with Gasteiger partial charge < -0.3 is 19.3 Å². The average Bonchev–Trinajstić information content (AvgIpc) is 3.28. The second-order valence-electron chi connectivity index (χ2n) is 12.4. The predicted molar refractivity (Wildman–Crippen MR) is 192 cm³/mol. The molecule has 1 aliphatic rings. The van der Waals surface area contributed by atoms with Gasteiger partial charge in [0.25, 0.3) is 0 Å². The molecule has 1 aliphatic carbocycles. The third-order valence-corrected chi connectivity index (χ3v) is 9.37. The highest BCUT2D eigenvalue weighted by Gasteiger charge is 2.25. The van der Waals surface area contributed by atoms with Crippen molar-refractivity contribution < 1.29 is 24.1 Å². The first-order valence-electron chi connectivity index (χ1n) is 16.6. The third kappa shape index (κ3) is 7.60. The van der Waals surface area contributed by atoms with E-state index in [1.54, 1.807) is 0 Å². The summed E-state index contributed by atoms with van der Waals surface area (Å²) in [6.45, 7) is 5.27. The molecular weight excluding hydrogens is 596 g/mol. The Morgan fingerprint density at radius 3 is 1.67 bits per heavy atom. The van der Waals surface area contributed by atoms with Crippen molar-refractivity contribution in [1.82, 2.24) is 0 Å². The molecule has 0 bridgehead atoms. The van der Waals surface area contributed by atoms with Crippen LogP contribution in [0.4, 0.5) is 0 Å². The zero-order chi connectivity index (χ0) is 33.5. The minimum Gasteiger partial charge on any atom is -0.491 e. The lowest BCUT2D eigenvalue weighted by molar-refractivity contribution is -0.148. The van der Waals surface area contributed by atoms with Gasteiger partial charge >= 0.3 is 5.97 Å². The van der Waals surface area contributed by atoms with Crippen molar-refractivity contribution in [3.05, 3.63) is 171 Å². The van der Waals surface area contributed by atoms with E-state index in [1.165, 1.54) is 29.4 Å². The van der Waals surface area contributed by atoms with Crippen LogP contribution in [0.25, 0.3) is 12.2 Å². The molecular formula is C43H42O5. The van der Waals surface area contributed by atoms with Crippen LogP contribution in [0.5, 0.6) is 5.75 Å². The summed E-state index contributed by atoms with van der Waals surface area (Å²) in [6.07, 6.45) is 3.61. The first-order chi connectivity index (χ1) is 23.4. The highest BCUT2D eigenvalue weighted by molar-refractivity contribution is 5.77. The summed E-state index contributed by atoms with van der Waals surface area (Å²) in [6, 6.07) is 42.2. The molecule has 3 atom stereocenters. The number of hydrogen-bond donors (Lipinski definition) is 1. The fourth-order valence-electron chi connectivity index (χ4n) is 6.42. The van der Waals surface area contributed by atoms with E-state index >= 15 is 0 Å². The van der Waals surface area contributed by atoms with Crippen LogP contribution in [-0.2, 0) is 20.7 Å². The topological polar surface area (TPSA) is 65.0 Å². The average molecular weight is 639 g/mol. The van der Waals surface area contributed by atoms with E-state index in [2.05, 4.69) is 123 Å². The van der Waals surface area contributed by atoms with E-state index in [9.17, 15) is 9.90 Å². The number of aliphatic carboxylic acids is 1. The first-order valence-corrected chi connectivity index (χ1v) is 16.6. The maximum Gasteiger partial charge on any atom is 0.333 e. The largest absolute Gasteiger partial charge is 0.491 e. The standard InChI is InChI=1S/C43H42O5/c1-29(32-10-6-4-7-11-32)34-18-22-39-36(27-34)16-17-37-28-35(30(2)33-12-8-5-9-13-33)19-23-40(37)42(39)48-25-24-47-38-20-14-31(15-21-38)26-41(46-3)43(44)45/h4-23,27-30,41-42H,24-26H2,1-3H3,(H,44,45). The number of fused-ring (bicyclic) bond motifs is 2. The number of rotatable bonds is 13. The Kier molecular flexibility index (Phi) is 10.5. The number of ether oxygens (including phenoxy) is 3. The van der Waals surface area contributed by atoms with Crippen molar-refractivity contribution >= 4 is 18.1 Å². The van der Waals surface area contributed by atoms with Crippen LogP contribution >= 0.6 is 0 Å². The van der Waals surface area contributed by atoms with E-state index in [0.29, 0.717) is 25.4 Å². The van der Waals surface area contributed by atoms with Crippen LogP contribution in [0, 0.1) is 0 Å². The van der Waals surface area contributed by atoms with Crippen molar-refractivity contribution in [1.29, 1.82) is 0 Å². The van der Waals surface area contributed by atoms with Gasteiger partial charge in [0, 0.05) is 25.4 Å². The number of carboxylic acids is 1. The van der Waals surface area contributed by atoms with Crippen LogP contribution in [0.3, 0.4) is 0 Å². The summed E-state index contributed by atoms with van der Waals surface area (Å²) in [4.78, 5) is 11.3. The van der Waals surface area contributed by atoms with Crippen LogP contribution in [0.2, 0.25) is 0 Å². The molecule has 0 saturated heterocycles. The molecule has 0 aliphatic heterocycles. The zero-order valence-electron chi connectivity index (χ0n) is 27.7. The van der Waals surface area contributed by atoms with E-state index < -0.39 is 12.1 Å². The number of carbonyl (C=O) groups is 1. The Labute approximate surface area is 283 Å². The number of hydrogen-bond acceptors (Lipinski definition) is 4. The maximum atomic E-state index is 11.3. The highest BCUT2D eigenvalue weighted by atomic mass is 16.5. The highest BCUT2D eigenvalue weighted by Crippen LogP contribution is 2.39. The van der Waals surface area contributed by atoms with Crippen LogP contribution in [0.15, 0.2) is 121 Å². The molecule has 0 aromatic heterocycles. The molecule has 1 N–H and O–H groups in total. The van der Waals surface area contributed by atoms with Crippen LogP contribution < -0.4 is 4.74 Å². The summed E-state index contributed by atoms with van der Waals surface area (Å²) in [5.74, 6) is 0.250. The predicted octanol–water partition coefficient (Wildman–Crippen LogP) is 9.30. The van der Waals surface area contributed by atoms with Crippen molar-refractivity contribution in [3.63, 3.8) is 0 Å². The normalized spacial score (nSPS) is 15.4. The summed E-state index contributed by atoms with van der Waals surface area (Å²) >= 11 is 0. The molecule has 5 aromatic rings. The van der Waals surface area contributed by atoms with Gasteiger partial charge in [-0.05, 0) is 62.2 Å². The number of benzene rings is 5. The Balaban J connectivity index is 1.23. The van der Waals surface area contributed by atoms with Gasteiger partial charge in [-0.15, -0.1) is 0 Å². The van der Waals surface area contributed by atoms with E-state index in [0.717, 1.165) is 27.8 Å². The lowest BCUT2D eigenvalue weighted by atomic mass is 9.87. The molecule has 5 aromatic carbocycles. The van der Waals surface area contributed by atoms with Gasteiger partial charge in [0.1, 0.15) is 18.5 Å². The van der Waals surface area contributed by atoms with E-state index in [1.807, 2.05) is 24.3 Å². The zero-order valence-corrected chi connectivity index (χ0v) is 27.7. The van der Waals surface area contributed by atoms with Gasteiger partial charge in [-0.2, -0.15) is 0 Å². The molecule has 3 unspecified atom stereocenters. The fraction of sp³-hybridized carbons (Fsp3) is 0.233. The van der Waals surface area contributed by atoms with Gasteiger partial charge in [0.05, 0.1) is 6.61 Å². The molecule has 244 valence electrons. The minimum atomic E-state index is -0.976. The van der Waals surface area contributed by atoms with Gasteiger partial charge in [0.2, 0.25) is 0 Å². The van der Waals surface area contributed by atoms with E-state index in [-0.39, 0.29) is 17.9 Å². The Bertz CT molecular complexity index is 1750. The molecule has 0 spiro atoms. The molecule has 0 saturated carbocycles. The molecule has 0 amide bonds. The van der Waals surface area contributed by atoms with Crippen molar-refractivity contribution in [3.8, 4) is 5.75 Å². The quantitative estimate of drug-likeness (QED) is 0.130. The van der Waals surface area contributed by atoms with Gasteiger partial charge in [-0.1, -0.05) is 135 Å². The monoisotopic (exact) mass is 638 g/mol. The maximum absolute atomic E-state index is 11.3. The van der Waals surface area contributed by atoms with Crippen LogP contribution in [-0.4, -0.2) is 37.5 Å². The smallest absolute Gasteiger partial charge is 0.333 e. The second-order valence-corrected chi connectivity index (χ2v) is 12.4. The third-order valence-electron chi connectivity index (χ3n) is 9.37. The molecule has 5 heteroatoms. The number of methoxy groups -OCH3 is 1. The first kappa shape index (κ1) is 33.0. The molecule has 0 fully saturated rings. The van der Waals surface area contributed by atoms with Gasteiger partial charge in [0.15, 0.2) is 6.10 Å². The molecule has 5 nitrogen and oxygen atoms in total. The van der Waals surface area contributed by atoms with Gasteiger partial charge in [-0.3, -0.25) is 0 Å². The second kappa shape index (κ2) is 15.3. The van der Waals surface area contributed by atoms with Crippen molar-refractivity contribution in [2.45, 2.75) is 44.3 Å². The molecule has 48 heavy (non-hydrogen) atoms. The number of carboxylic acid groups (broad SMARTS) is 1. The fourth-order valence-corrected chi connectivity index (χ4v) is 6.42. The van der Waals surface area contributed by atoms with Crippen molar-refractivity contribution in [2.75, 3.05) is 20.3 Å². The Morgan fingerprint density at radius 2 is 1.19 bits per heavy atom. The molecule has 6 rings (SSSR count). The molecule has 0 heterocycles. The summed E-state index contributed by atoms with van der Waals surface area (Å²) in [5.41, 5.74) is 10.5. The van der Waals surface area contributed by atoms with Gasteiger partial charge in [-0.25, -0.2) is 4.79 Å². The summed E-state index contributed by atoms with van der Waals surface area (Å²) in [7, 11) is 1.41. The van der Waals surface area contributed by atoms with Crippen LogP contribution in [0.1, 0.15) is 81.9 Å². The SMILES string of the molecule is COC(Cc1ccc(OCCOC2c3ccc(C(C)c4ccccc4)cc3C=Cc3cc(C(C)c4ccccc4)ccc32)cc1)C(=O)O.